The second-order valence-electron chi connectivity index (χ2n) is 1.96. The minimum Gasteiger partial charge on any atom is -0.300 e. The largest absolute Gasteiger partial charge is 0.300 e. The van der Waals surface area contributed by atoms with E-state index in [1.807, 2.05) is 13.3 Å². The number of carbonyl (C=O) groups excluding carboxylic acids is 1. The molecule has 0 N–H and O–H groups in total. The molecule has 0 aliphatic heterocycles. The van der Waals surface area contributed by atoms with Crippen molar-refractivity contribution >= 4 is 5.78 Å². The second-order valence-corrected chi connectivity index (χ2v) is 1.96. The van der Waals surface area contributed by atoms with Gasteiger partial charge in [0, 0.05) is 23.2 Å². The topological polar surface area (TPSA) is 76.8 Å². The molecular weight excluding hydrogens is 243 g/mol. The van der Waals surface area contributed by atoms with E-state index >= 15 is 0 Å². The summed E-state index contributed by atoms with van der Waals surface area (Å²) >= 11 is 0. The van der Waals surface area contributed by atoms with Crippen molar-refractivity contribution < 1.29 is 35.5 Å². The summed E-state index contributed by atoms with van der Waals surface area (Å²) in [5.74, 6) is 1.15. The van der Waals surface area contributed by atoms with Gasteiger partial charge in [-0.15, -0.1) is 0 Å². The van der Waals surface area contributed by atoms with Gasteiger partial charge in [0.2, 0.25) is 0 Å². The van der Waals surface area contributed by atoms with E-state index in [4.69, 9.17) is 14.0 Å². The quantitative estimate of drug-likeness (QED) is 0.555. The van der Waals surface area contributed by atoms with Gasteiger partial charge in [-0.1, -0.05) is 6.92 Å². The third-order valence-corrected chi connectivity index (χ3v) is 0.738. The Balaban J connectivity index is -0.0000000410. The zero-order valence-electron chi connectivity index (χ0n) is 8.46. The fourth-order valence-electron chi connectivity index (χ4n) is 0.318. The summed E-state index contributed by atoms with van der Waals surface area (Å²) in [6.07, 6.45) is 2.34. The first-order valence-electron chi connectivity index (χ1n) is 3.22. The minimum atomic E-state index is 0. The molecule has 0 aliphatic rings. The van der Waals surface area contributed by atoms with Gasteiger partial charge in [-0.05, 0) is 26.2 Å². The van der Waals surface area contributed by atoms with Gasteiger partial charge in [-0.3, -0.25) is 0 Å². The molecule has 0 saturated heterocycles. The zero-order chi connectivity index (χ0) is 12.6. The molecule has 4 nitrogen and oxygen atoms in total. The van der Waals surface area contributed by atoms with Crippen molar-refractivity contribution in [2.75, 3.05) is 0 Å². The van der Waals surface area contributed by atoms with Crippen molar-refractivity contribution in [3.05, 3.63) is 39.2 Å². The molecule has 84 valence electrons. The molecule has 4 radical (unpaired) electrons. The molecule has 0 aromatic heterocycles. The van der Waals surface area contributed by atoms with Crippen LogP contribution in [0.1, 0.15) is 20.3 Å². The molecule has 0 aromatic carbocycles. The van der Waals surface area contributed by atoms with E-state index < -0.39 is 0 Å². The molecule has 0 aliphatic carbocycles. The Hall–Kier alpha value is -0.604. The molecule has 5 heteroatoms. The predicted octanol–water partition coefficient (Wildman–Crippen LogP) is 1.48. The molecule has 0 spiro atoms. The smallest absolute Gasteiger partial charge is 0.130 e. The van der Waals surface area contributed by atoms with E-state index in [1.165, 1.54) is 0 Å². The van der Waals surface area contributed by atoms with Crippen LogP contribution >= 0.6 is 0 Å². The zero-order valence-corrected chi connectivity index (χ0v) is 9.50. The summed E-state index contributed by atoms with van der Waals surface area (Å²) in [5.41, 5.74) is 0. The van der Waals surface area contributed by atoms with Gasteiger partial charge >= 0.3 is 33.9 Å². The van der Waals surface area contributed by atoms with Gasteiger partial charge in [0.1, 0.15) is 5.78 Å². The number of hydrogen-bond donors (Lipinski definition) is 0. The minimum absolute atomic E-state index is 0. The molecule has 0 atom stereocenters. The van der Waals surface area contributed by atoms with Crippen LogP contribution in [-0.4, -0.2) is 5.78 Å². The van der Waals surface area contributed by atoms with Crippen molar-refractivity contribution in [3.63, 3.8) is 0 Å². The summed E-state index contributed by atoms with van der Waals surface area (Å²) in [5, 5.41) is 0. The van der Waals surface area contributed by atoms with Gasteiger partial charge in [0.05, 0.1) is 0 Å². The van der Waals surface area contributed by atoms with Crippen LogP contribution in [0.15, 0.2) is 0 Å². The molecule has 0 heterocycles. The Bertz CT molecular complexity index is 156. The molecule has 0 aromatic rings. The Morgan fingerprint density at radius 3 is 1.47 bits per heavy atom. The summed E-state index contributed by atoms with van der Waals surface area (Å²) in [7, 11) is 0. The third kappa shape index (κ3) is 90.0. The number of ketones is 1. The van der Waals surface area contributed by atoms with Crippen LogP contribution in [0, 0.1) is 39.2 Å². The average molecular weight is 254 g/mol. The SMILES string of the molecule is [C-]#[O+].[C-]#[O+].[C-]#[O+].[CH2][C](C)[CH]CC(C)=O.[Co]. The third-order valence-electron chi connectivity index (χ3n) is 0.738. The van der Waals surface area contributed by atoms with Gasteiger partial charge in [-0.2, -0.15) is 0 Å². The maximum absolute atomic E-state index is 10.3. The number of hydrogen-bond acceptors (Lipinski definition) is 1. The second kappa shape index (κ2) is 37.6. The van der Waals surface area contributed by atoms with Crippen LogP contribution in [0.4, 0.5) is 0 Å². The predicted molar refractivity (Wildman–Crippen MR) is 45.7 cm³/mol. The van der Waals surface area contributed by atoms with E-state index in [0.717, 1.165) is 5.92 Å². The van der Waals surface area contributed by atoms with Gasteiger partial charge in [0.25, 0.3) is 0 Å². The Labute approximate surface area is 101 Å². The first-order chi connectivity index (χ1) is 6.63. The first kappa shape index (κ1) is 29.3. The van der Waals surface area contributed by atoms with Crippen molar-refractivity contribution in [3.8, 4) is 0 Å². The Morgan fingerprint density at radius 2 is 1.40 bits per heavy atom. The fourth-order valence-corrected chi connectivity index (χ4v) is 0.318. The normalized spacial score (nSPS) is 5.73. The van der Waals surface area contributed by atoms with E-state index in [9.17, 15) is 4.79 Å². The van der Waals surface area contributed by atoms with Crippen LogP contribution in [0.2, 0.25) is 0 Å². The molecule has 0 fully saturated rings. The number of carbonyl (C=O) groups is 1. The molecule has 0 amide bonds. The maximum Gasteiger partial charge on any atom is 0.130 e. The van der Waals surface area contributed by atoms with Crippen LogP contribution in [0.3, 0.4) is 0 Å². The Kier molecular flexibility index (Phi) is 73.4. The van der Waals surface area contributed by atoms with Gasteiger partial charge in [0.15, 0.2) is 0 Å². The van der Waals surface area contributed by atoms with Crippen LogP contribution in [-0.2, 0) is 35.5 Å². The average Bonchev–Trinajstić information content (AvgIpc) is 2.24. The molecule has 0 unspecified atom stereocenters. The fraction of sp³-hybridized carbons (Fsp3) is 0.300. The summed E-state index contributed by atoms with van der Waals surface area (Å²) in [6, 6.07) is 0. The molecule has 0 rings (SSSR count). The van der Waals surface area contributed by atoms with Crippen LogP contribution in [0.25, 0.3) is 0 Å². The molecule has 0 saturated carbocycles. The van der Waals surface area contributed by atoms with Crippen molar-refractivity contribution in [2.45, 2.75) is 20.3 Å². The summed E-state index contributed by atoms with van der Waals surface area (Å²) in [6.45, 7) is 20.6. The summed E-state index contributed by atoms with van der Waals surface area (Å²) < 4.78 is 22.5. The standard InChI is InChI=1S/C7H11O.3CO.Co/c1-6(2)4-5-7(3)8;3*1-2;/h4H,1,5H2,2-3H3;;;;. The van der Waals surface area contributed by atoms with E-state index in [1.54, 1.807) is 6.92 Å². The van der Waals surface area contributed by atoms with Crippen molar-refractivity contribution in [1.29, 1.82) is 0 Å². The van der Waals surface area contributed by atoms with Crippen molar-refractivity contribution in [2.24, 2.45) is 0 Å². The molecule has 0 bridgehead atoms. The van der Waals surface area contributed by atoms with Crippen LogP contribution < -0.4 is 0 Å². The molecule has 15 heavy (non-hydrogen) atoms. The number of rotatable bonds is 3. The monoisotopic (exact) mass is 254 g/mol. The van der Waals surface area contributed by atoms with E-state index in [2.05, 4.69) is 26.9 Å². The number of Topliss-reactive ketones (excluding diaryl/α,β-unsaturated/α-hetero) is 1. The summed E-state index contributed by atoms with van der Waals surface area (Å²) in [4.78, 5) is 10.3. The van der Waals surface area contributed by atoms with Gasteiger partial charge < -0.3 is 4.79 Å². The maximum atomic E-state index is 10.3. The van der Waals surface area contributed by atoms with E-state index in [-0.39, 0.29) is 22.6 Å². The Morgan fingerprint density at radius 1 is 1.13 bits per heavy atom. The molecular formula is C10H11CoO4. The van der Waals surface area contributed by atoms with Crippen molar-refractivity contribution in [1.82, 2.24) is 0 Å². The van der Waals surface area contributed by atoms with Gasteiger partial charge in [-0.25, -0.2) is 0 Å². The van der Waals surface area contributed by atoms with Crippen LogP contribution in [0.5, 0.6) is 0 Å². The first-order valence-corrected chi connectivity index (χ1v) is 3.22. The van der Waals surface area contributed by atoms with E-state index in [0.29, 0.717) is 6.42 Å².